The van der Waals surface area contributed by atoms with Crippen LogP contribution in [0.2, 0.25) is 0 Å². The summed E-state index contributed by atoms with van der Waals surface area (Å²) in [6.45, 7) is 2.72. The number of nitro groups is 1. The van der Waals surface area contributed by atoms with Gasteiger partial charge in [0, 0.05) is 25.7 Å². The lowest BCUT2D eigenvalue weighted by Gasteiger charge is -2.26. The van der Waals surface area contributed by atoms with Crippen molar-refractivity contribution >= 4 is 17.3 Å². The molecule has 0 saturated carbocycles. The van der Waals surface area contributed by atoms with Crippen LogP contribution in [0.15, 0.2) is 67.0 Å². The standard InChI is InChI=1S/C23H26N6O2/c30-29(31)21-22(27-20-12-7-13-24-14-20)25-17-26-23(21)28(15-18-8-3-1-4-9-18)16-19-10-5-2-6-11-19/h1-6,8-11,17,20,24H,7,12-16H2,(H,25,26,27)/t20-/m1/s1. The minimum absolute atomic E-state index is 0.0834. The van der Waals surface area contributed by atoms with Crippen LogP contribution < -0.4 is 15.5 Å². The first-order chi connectivity index (χ1) is 15.2. The van der Waals surface area contributed by atoms with Crippen molar-refractivity contribution < 1.29 is 4.92 Å². The van der Waals surface area contributed by atoms with Gasteiger partial charge in [-0.05, 0) is 30.5 Å². The van der Waals surface area contributed by atoms with Gasteiger partial charge in [0.15, 0.2) is 0 Å². The van der Waals surface area contributed by atoms with Crippen LogP contribution in [0.4, 0.5) is 17.3 Å². The summed E-state index contributed by atoms with van der Waals surface area (Å²) in [6.07, 6.45) is 3.38. The Kier molecular flexibility index (Phi) is 6.68. The minimum atomic E-state index is -0.378. The van der Waals surface area contributed by atoms with Crippen LogP contribution in [0, 0.1) is 10.1 Å². The summed E-state index contributed by atoms with van der Waals surface area (Å²) < 4.78 is 0. The van der Waals surface area contributed by atoms with Crippen molar-refractivity contribution in [3.63, 3.8) is 0 Å². The molecule has 2 aromatic carbocycles. The number of aromatic nitrogens is 2. The average Bonchev–Trinajstić information content (AvgIpc) is 2.80. The van der Waals surface area contributed by atoms with Gasteiger partial charge in [-0.1, -0.05) is 60.7 Å². The van der Waals surface area contributed by atoms with E-state index in [-0.39, 0.29) is 22.5 Å². The van der Waals surface area contributed by atoms with Gasteiger partial charge in [0.1, 0.15) is 6.33 Å². The van der Waals surface area contributed by atoms with Gasteiger partial charge < -0.3 is 15.5 Å². The lowest BCUT2D eigenvalue weighted by atomic mass is 10.1. The number of benzene rings is 2. The molecule has 0 aliphatic carbocycles. The molecule has 1 fully saturated rings. The van der Waals surface area contributed by atoms with Crippen LogP contribution in [-0.4, -0.2) is 34.0 Å². The number of piperidine rings is 1. The van der Waals surface area contributed by atoms with Gasteiger partial charge in [-0.15, -0.1) is 0 Å². The predicted octanol–water partition coefficient (Wildman–Crippen LogP) is 3.76. The van der Waals surface area contributed by atoms with Crippen molar-refractivity contribution in [3.8, 4) is 0 Å². The number of rotatable bonds is 8. The maximum absolute atomic E-state index is 12.1. The third-order valence-corrected chi connectivity index (χ3v) is 5.36. The van der Waals surface area contributed by atoms with E-state index >= 15 is 0 Å². The molecule has 1 aliphatic heterocycles. The van der Waals surface area contributed by atoms with Gasteiger partial charge in [-0.3, -0.25) is 10.1 Å². The van der Waals surface area contributed by atoms with Crippen molar-refractivity contribution in [2.75, 3.05) is 23.3 Å². The molecule has 0 bridgehead atoms. The molecule has 31 heavy (non-hydrogen) atoms. The van der Waals surface area contributed by atoms with E-state index in [0.717, 1.165) is 37.1 Å². The van der Waals surface area contributed by atoms with Crippen LogP contribution >= 0.6 is 0 Å². The molecule has 1 saturated heterocycles. The van der Waals surface area contributed by atoms with Crippen LogP contribution in [0.3, 0.4) is 0 Å². The lowest BCUT2D eigenvalue weighted by Crippen LogP contribution is -2.38. The van der Waals surface area contributed by atoms with Crippen molar-refractivity contribution in [1.82, 2.24) is 15.3 Å². The van der Waals surface area contributed by atoms with Crippen LogP contribution in [-0.2, 0) is 13.1 Å². The van der Waals surface area contributed by atoms with Gasteiger partial charge in [0.25, 0.3) is 0 Å². The summed E-state index contributed by atoms with van der Waals surface area (Å²) in [6, 6.07) is 19.9. The Morgan fingerprint density at radius 2 is 1.68 bits per heavy atom. The quantitative estimate of drug-likeness (QED) is 0.425. The molecule has 0 radical (unpaired) electrons. The molecule has 1 aromatic heterocycles. The molecule has 1 atom stereocenters. The van der Waals surface area contributed by atoms with Crippen LogP contribution in [0.1, 0.15) is 24.0 Å². The number of nitrogens with zero attached hydrogens (tertiary/aromatic N) is 4. The Labute approximate surface area is 181 Å². The molecular weight excluding hydrogens is 392 g/mol. The van der Waals surface area contributed by atoms with Gasteiger partial charge in [-0.25, -0.2) is 9.97 Å². The zero-order valence-corrected chi connectivity index (χ0v) is 17.3. The summed E-state index contributed by atoms with van der Waals surface area (Å²) >= 11 is 0. The first-order valence-corrected chi connectivity index (χ1v) is 10.5. The Bertz CT molecular complexity index is 952. The van der Waals surface area contributed by atoms with Gasteiger partial charge >= 0.3 is 5.69 Å². The highest BCUT2D eigenvalue weighted by molar-refractivity contribution is 5.70. The van der Waals surface area contributed by atoms with Crippen LogP contribution in [0.5, 0.6) is 0 Å². The summed E-state index contributed by atoms with van der Waals surface area (Å²) in [5.74, 6) is 0.591. The molecule has 160 valence electrons. The minimum Gasteiger partial charge on any atom is -0.360 e. The van der Waals surface area contributed by atoms with E-state index in [4.69, 9.17) is 0 Å². The average molecular weight is 419 g/mol. The lowest BCUT2D eigenvalue weighted by molar-refractivity contribution is -0.383. The van der Waals surface area contributed by atoms with E-state index in [2.05, 4.69) is 20.6 Å². The fourth-order valence-electron chi connectivity index (χ4n) is 3.86. The molecule has 8 heteroatoms. The first-order valence-electron chi connectivity index (χ1n) is 10.5. The second kappa shape index (κ2) is 9.99. The topological polar surface area (TPSA) is 96.2 Å². The second-order valence-electron chi connectivity index (χ2n) is 7.67. The molecule has 1 aliphatic rings. The van der Waals surface area contributed by atoms with Gasteiger partial charge in [0.2, 0.25) is 11.6 Å². The van der Waals surface area contributed by atoms with Crippen molar-refractivity contribution in [2.45, 2.75) is 32.0 Å². The van der Waals surface area contributed by atoms with Crippen molar-refractivity contribution in [2.24, 2.45) is 0 Å². The first kappa shape index (κ1) is 20.7. The largest absolute Gasteiger partial charge is 0.360 e. The Morgan fingerprint density at radius 3 is 2.23 bits per heavy atom. The zero-order valence-electron chi connectivity index (χ0n) is 17.3. The third kappa shape index (κ3) is 5.35. The number of anilines is 2. The van der Waals surface area contributed by atoms with Gasteiger partial charge in [-0.2, -0.15) is 0 Å². The van der Waals surface area contributed by atoms with E-state index in [1.165, 1.54) is 6.33 Å². The van der Waals surface area contributed by atoms with Crippen LogP contribution in [0.25, 0.3) is 0 Å². The molecule has 0 amide bonds. The molecule has 4 rings (SSSR count). The summed E-state index contributed by atoms with van der Waals surface area (Å²) in [4.78, 5) is 22.3. The Morgan fingerprint density at radius 1 is 1.03 bits per heavy atom. The molecule has 2 N–H and O–H groups in total. The number of hydrogen-bond donors (Lipinski definition) is 2. The van der Waals surface area contributed by atoms with E-state index < -0.39 is 0 Å². The molecule has 0 unspecified atom stereocenters. The maximum Gasteiger partial charge on any atom is 0.353 e. The van der Waals surface area contributed by atoms with E-state index in [9.17, 15) is 10.1 Å². The Hall–Kier alpha value is -3.52. The predicted molar refractivity (Wildman–Crippen MR) is 121 cm³/mol. The second-order valence-corrected chi connectivity index (χ2v) is 7.67. The molecule has 8 nitrogen and oxygen atoms in total. The summed E-state index contributed by atoms with van der Waals surface area (Å²) in [7, 11) is 0. The summed E-state index contributed by atoms with van der Waals surface area (Å²) in [5, 5.41) is 18.7. The normalized spacial score (nSPS) is 15.9. The molecule has 0 spiro atoms. The molecular formula is C23H26N6O2. The van der Waals surface area contributed by atoms with E-state index in [1.54, 1.807) is 0 Å². The summed E-state index contributed by atoms with van der Waals surface area (Å²) in [5.41, 5.74) is 2.02. The fraction of sp³-hybridized carbons (Fsp3) is 0.304. The highest BCUT2D eigenvalue weighted by Gasteiger charge is 2.29. The van der Waals surface area contributed by atoms with Crippen molar-refractivity contribution in [1.29, 1.82) is 0 Å². The molecule has 2 heterocycles. The molecule has 3 aromatic rings. The van der Waals surface area contributed by atoms with Crippen molar-refractivity contribution in [3.05, 3.63) is 88.2 Å². The maximum atomic E-state index is 12.1. The van der Waals surface area contributed by atoms with E-state index in [0.29, 0.717) is 18.9 Å². The SMILES string of the molecule is O=[N+]([O-])c1c(N[C@@H]2CCCNC2)ncnc1N(Cc1ccccc1)Cc1ccccc1. The smallest absolute Gasteiger partial charge is 0.353 e. The monoisotopic (exact) mass is 418 g/mol. The van der Waals surface area contributed by atoms with Gasteiger partial charge in [0.05, 0.1) is 4.92 Å². The fourth-order valence-corrected chi connectivity index (χ4v) is 3.86. The zero-order chi connectivity index (χ0) is 21.5. The highest BCUT2D eigenvalue weighted by Crippen LogP contribution is 2.34. The number of hydrogen-bond acceptors (Lipinski definition) is 7. The highest BCUT2D eigenvalue weighted by atomic mass is 16.6. The number of nitrogens with one attached hydrogen (secondary N) is 2. The third-order valence-electron chi connectivity index (χ3n) is 5.36. The Balaban J connectivity index is 1.70. The van der Waals surface area contributed by atoms with E-state index in [1.807, 2.05) is 65.6 Å².